The van der Waals surface area contributed by atoms with Crippen molar-refractivity contribution >= 4 is 29.2 Å². The molecule has 1 fully saturated rings. The molecule has 1 heterocycles. The zero-order valence-electron chi connectivity index (χ0n) is 21.6. The molecule has 1 aromatic heterocycles. The number of aromatic nitrogens is 1. The van der Waals surface area contributed by atoms with E-state index in [1.54, 1.807) is 6.92 Å². The molecule has 1 aliphatic rings. The Kier molecular flexibility index (Phi) is 8.70. The maximum atomic E-state index is 14.8. The monoisotopic (exact) mass is 577 g/mol. The van der Waals surface area contributed by atoms with Gasteiger partial charge in [-0.05, 0) is 81.3 Å². The second kappa shape index (κ2) is 11.9. The standard InChI is InChI=1S/C29H28ClF3N2O5/c1-29(39)12-10-16(11-13-29)14-21(27(36)34-19-5-2-17(3-6-19)28(37)38)23-9-4-18(15-35(23)40)24-20(26(32)33)7-8-22(30)25(24)31/h2-9,15-16,21,26,39H,10-14H2,1H3,(H2-,34,36,37,38,40)/p+1. The van der Waals surface area contributed by atoms with Crippen LogP contribution in [0.15, 0.2) is 54.7 Å². The fourth-order valence-electron chi connectivity index (χ4n) is 5.12. The lowest BCUT2D eigenvalue weighted by Crippen LogP contribution is -2.41. The third kappa shape index (κ3) is 6.56. The van der Waals surface area contributed by atoms with Crippen LogP contribution < -0.4 is 10.0 Å². The van der Waals surface area contributed by atoms with Crippen molar-refractivity contribution in [2.24, 2.45) is 5.92 Å². The van der Waals surface area contributed by atoms with E-state index in [4.69, 9.17) is 16.7 Å². The molecule has 0 spiro atoms. The van der Waals surface area contributed by atoms with Crippen LogP contribution >= 0.6 is 11.6 Å². The third-order valence-electron chi connectivity index (χ3n) is 7.43. The van der Waals surface area contributed by atoms with E-state index in [1.807, 2.05) is 0 Å². The highest BCUT2D eigenvalue weighted by Crippen LogP contribution is 2.39. The summed E-state index contributed by atoms with van der Waals surface area (Å²) in [6, 6.07) is 10.4. The van der Waals surface area contributed by atoms with Crippen molar-refractivity contribution in [3.63, 3.8) is 0 Å². The number of amides is 1. The van der Waals surface area contributed by atoms with E-state index in [9.17, 15) is 33.1 Å². The van der Waals surface area contributed by atoms with E-state index < -0.39 is 46.8 Å². The van der Waals surface area contributed by atoms with Gasteiger partial charge in [0.05, 0.1) is 21.8 Å². The Bertz CT molecular complexity index is 1410. The third-order valence-corrected chi connectivity index (χ3v) is 7.73. The van der Waals surface area contributed by atoms with Gasteiger partial charge in [-0.2, -0.15) is 0 Å². The molecule has 0 saturated heterocycles. The predicted octanol–water partition coefficient (Wildman–Crippen LogP) is 6.36. The molecule has 0 radical (unpaired) electrons. The molecule has 11 heteroatoms. The van der Waals surface area contributed by atoms with Gasteiger partial charge in [-0.3, -0.25) is 10.0 Å². The number of carbonyl (C=O) groups excluding carboxylic acids is 1. The van der Waals surface area contributed by atoms with E-state index in [2.05, 4.69) is 5.32 Å². The van der Waals surface area contributed by atoms with E-state index >= 15 is 0 Å². The number of anilines is 1. The van der Waals surface area contributed by atoms with Crippen molar-refractivity contribution in [2.45, 2.75) is 57.0 Å². The number of nitrogens with zero attached hydrogens (tertiary/aromatic N) is 1. The molecule has 40 heavy (non-hydrogen) atoms. The van der Waals surface area contributed by atoms with Crippen LogP contribution in [0.3, 0.4) is 0 Å². The smallest absolute Gasteiger partial charge is 0.335 e. The first-order valence-electron chi connectivity index (χ1n) is 12.7. The number of nitrogens with one attached hydrogen (secondary N) is 1. The molecule has 2 aromatic carbocycles. The Hall–Kier alpha value is -3.63. The molecule has 4 N–H and O–H groups in total. The normalized spacial score (nSPS) is 19.8. The molecule has 7 nitrogen and oxygen atoms in total. The van der Waals surface area contributed by atoms with Gasteiger partial charge in [0.25, 0.3) is 6.43 Å². The van der Waals surface area contributed by atoms with E-state index in [-0.39, 0.29) is 27.8 Å². The van der Waals surface area contributed by atoms with Crippen molar-refractivity contribution < 1.29 is 42.9 Å². The summed E-state index contributed by atoms with van der Waals surface area (Å²) in [4.78, 5) is 24.7. The summed E-state index contributed by atoms with van der Waals surface area (Å²) in [6.07, 6.45) is 0.768. The van der Waals surface area contributed by atoms with Gasteiger partial charge in [0.1, 0.15) is 11.7 Å². The van der Waals surface area contributed by atoms with Crippen LogP contribution in [-0.4, -0.2) is 32.9 Å². The zero-order valence-corrected chi connectivity index (χ0v) is 22.3. The van der Waals surface area contributed by atoms with Crippen molar-refractivity contribution in [3.05, 3.63) is 82.4 Å². The lowest BCUT2D eigenvalue weighted by molar-refractivity contribution is -0.909. The summed E-state index contributed by atoms with van der Waals surface area (Å²) < 4.78 is 42.8. The molecule has 1 amide bonds. The van der Waals surface area contributed by atoms with Gasteiger partial charge < -0.3 is 15.5 Å². The van der Waals surface area contributed by atoms with Crippen LogP contribution in [0.5, 0.6) is 0 Å². The number of benzene rings is 2. The average Bonchev–Trinajstić information content (AvgIpc) is 2.90. The number of hydrogen-bond acceptors (Lipinski definition) is 4. The highest BCUT2D eigenvalue weighted by Gasteiger charge is 2.36. The summed E-state index contributed by atoms with van der Waals surface area (Å²) >= 11 is 5.84. The van der Waals surface area contributed by atoms with Crippen LogP contribution in [0.25, 0.3) is 11.1 Å². The largest absolute Gasteiger partial charge is 0.478 e. The molecule has 0 aliphatic heterocycles. The molecule has 3 aromatic rings. The SMILES string of the molecule is CC1(O)CCC(CC(C(=O)Nc2ccc(C(=O)O)cc2)c2ccc(-c3c(C(F)F)ccc(Cl)c3F)c[n+]2O)CC1. The van der Waals surface area contributed by atoms with Gasteiger partial charge in [0, 0.05) is 27.6 Å². The highest BCUT2D eigenvalue weighted by molar-refractivity contribution is 6.31. The van der Waals surface area contributed by atoms with E-state index in [1.165, 1.54) is 36.4 Å². The quantitative estimate of drug-likeness (QED) is 0.184. The van der Waals surface area contributed by atoms with Crippen LogP contribution in [-0.2, 0) is 4.79 Å². The number of hydrogen-bond donors (Lipinski definition) is 4. The molecule has 1 atom stereocenters. The maximum absolute atomic E-state index is 14.8. The van der Waals surface area contributed by atoms with Crippen molar-refractivity contribution in [2.75, 3.05) is 5.32 Å². The minimum absolute atomic E-state index is 0.0425. The fourth-order valence-corrected chi connectivity index (χ4v) is 5.28. The summed E-state index contributed by atoms with van der Waals surface area (Å²) in [5.74, 6) is -3.53. The first-order valence-corrected chi connectivity index (χ1v) is 13.1. The highest BCUT2D eigenvalue weighted by atomic mass is 35.5. The lowest BCUT2D eigenvalue weighted by Gasteiger charge is -2.34. The summed E-state index contributed by atoms with van der Waals surface area (Å²) in [5, 5.41) is 32.8. The predicted molar refractivity (Wildman–Crippen MR) is 141 cm³/mol. The molecule has 212 valence electrons. The number of carbonyl (C=O) groups is 2. The Labute approximate surface area is 233 Å². The van der Waals surface area contributed by atoms with Crippen molar-refractivity contribution in [3.8, 4) is 11.1 Å². The van der Waals surface area contributed by atoms with Gasteiger partial charge in [-0.1, -0.05) is 17.7 Å². The number of halogens is 4. The lowest BCUT2D eigenvalue weighted by atomic mass is 9.75. The maximum Gasteiger partial charge on any atom is 0.335 e. The van der Waals surface area contributed by atoms with Gasteiger partial charge in [0.2, 0.25) is 17.8 Å². The minimum Gasteiger partial charge on any atom is -0.478 e. The van der Waals surface area contributed by atoms with Crippen LogP contribution in [0.4, 0.5) is 18.9 Å². The van der Waals surface area contributed by atoms with Crippen molar-refractivity contribution in [1.29, 1.82) is 0 Å². The first-order chi connectivity index (χ1) is 18.9. The van der Waals surface area contributed by atoms with Gasteiger partial charge in [-0.15, -0.1) is 0 Å². The minimum atomic E-state index is -3.00. The number of aromatic carboxylic acids is 1. The summed E-state index contributed by atoms with van der Waals surface area (Å²) in [7, 11) is 0. The number of aliphatic hydroxyl groups is 1. The Balaban J connectivity index is 1.68. The molecule has 4 rings (SSSR count). The summed E-state index contributed by atoms with van der Waals surface area (Å²) in [6.45, 7) is 1.76. The second-order valence-corrected chi connectivity index (χ2v) is 10.8. The number of carboxylic acid groups (broad SMARTS) is 1. The first kappa shape index (κ1) is 29.4. The molecular formula is C29H29ClF3N2O5+. The molecule has 1 aliphatic carbocycles. The van der Waals surface area contributed by atoms with Crippen molar-refractivity contribution in [1.82, 2.24) is 0 Å². The van der Waals surface area contributed by atoms with E-state index in [0.717, 1.165) is 18.3 Å². The topological polar surface area (TPSA) is 111 Å². The van der Waals surface area contributed by atoms with Gasteiger partial charge in [-0.25, -0.2) is 18.0 Å². The fraction of sp³-hybridized carbons (Fsp3) is 0.345. The molecule has 1 saturated carbocycles. The Morgan fingerprint density at radius 3 is 2.33 bits per heavy atom. The van der Waals surface area contributed by atoms with Crippen LogP contribution in [0.1, 0.15) is 73.0 Å². The number of pyridine rings is 1. The zero-order chi connectivity index (χ0) is 29.2. The Morgan fingerprint density at radius 2 is 1.75 bits per heavy atom. The number of carboxylic acids is 1. The Morgan fingerprint density at radius 1 is 1.10 bits per heavy atom. The van der Waals surface area contributed by atoms with Crippen LogP contribution in [0.2, 0.25) is 5.02 Å². The summed E-state index contributed by atoms with van der Waals surface area (Å²) in [5.41, 5.74) is -1.36. The molecular weight excluding hydrogens is 549 g/mol. The van der Waals surface area contributed by atoms with E-state index in [0.29, 0.717) is 42.5 Å². The molecule has 1 unspecified atom stereocenters. The van der Waals surface area contributed by atoms with Gasteiger partial charge >= 0.3 is 5.97 Å². The number of rotatable bonds is 8. The number of alkyl halides is 2. The average molecular weight is 578 g/mol. The van der Waals surface area contributed by atoms with Gasteiger partial charge in [0.15, 0.2) is 0 Å². The molecule has 0 bridgehead atoms. The second-order valence-electron chi connectivity index (χ2n) is 10.4. The van der Waals surface area contributed by atoms with Crippen LogP contribution in [0, 0.1) is 11.7 Å².